The topological polar surface area (TPSA) is 101 Å². The van der Waals surface area contributed by atoms with Gasteiger partial charge in [-0.3, -0.25) is 19.7 Å². The third-order valence-electron chi connectivity index (χ3n) is 3.43. The van der Waals surface area contributed by atoms with Crippen molar-refractivity contribution in [1.29, 1.82) is 0 Å². The standard InChI is InChI=1S/C19H18ClN3O4/c1-12(2)21-19(25)16-9-6-14(20)11-17(16)22-18(24)10-5-13-3-7-15(8-4-13)23(26)27/h3-12H,1-2H3,(H,21,25)(H,22,24)/b10-5+. The molecule has 2 aromatic rings. The van der Waals surface area contributed by atoms with E-state index in [1.807, 2.05) is 13.8 Å². The highest BCUT2D eigenvalue weighted by Crippen LogP contribution is 2.21. The molecule has 0 radical (unpaired) electrons. The lowest BCUT2D eigenvalue weighted by molar-refractivity contribution is -0.384. The molecule has 2 amide bonds. The maximum Gasteiger partial charge on any atom is 0.269 e. The van der Waals surface area contributed by atoms with Gasteiger partial charge in [-0.15, -0.1) is 0 Å². The summed E-state index contributed by atoms with van der Waals surface area (Å²) in [5, 5.41) is 16.4. The van der Waals surface area contributed by atoms with Crippen molar-refractivity contribution in [2.45, 2.75) is 19.9 Å². The van der Waals surface area contributed by atoms with Gasteiger partial charge in [-0.05, 0) is 55.8 Å². The molecule has 0 aromatic heterocycles. The Labute approximate surface area is 161 Å². The third-order valence-corrected chi connectivity index (χ3v) is 3.67. The van der Waals surface area contributed by atoms with Crippen LogP contribution < -0.4 is 10.6 Å². The minimum absolute atomic E-state index is 0.0312. The van der Waals surface area contributed by atoms with Crippen LogP contribution in [-0.4, -0.2) is 22.8 Å². The molecular weight excluding hydrogens is 370 g/mol. The lowest BCUT2D eigenvalue weighted by atomic mass is 10.1. The number of carbonyl (C=O) groups is 2. The van der Waals surface area contributed by atoms with Crippen LogP contribution in [0.5, 0.6) is 0 Å². The number of hydrogen-bond acceptors (Lipinski definition) is 4. The largest absolute Gasteiger partial charge is 0.350 e. The predicted molar refractivity (Wildman–Crippen MR) is 105 cm³/mol. The van der Waals surface area contributed by atoms with Gasteiger partial charge in [0, 0.05) is 29.3 Å². The molecule has 2 aromatic carbocycles. The van der Waals surface area contributed by atoms with E-state index in [9.17, 15) is 19.7 Å². The van der Waals surface area contributed by atoms with E-state index in [0.717, 1.165) is 0 Å². The first-order valence-electron chi connectivity index (χ1n) is 8.10. The molecule has 0 saturated carbocycles. The molecule has 0 spiro atoms. The van der Waals surface area contributed by atoms with Crippen LogP contribution in [0.2, 0.25) is 5.02 Å². The Morgan fingerprint density at radius 1 is 1.15 bits per heavy atom. The third kappa shape index (κ3) is 5.93. The second-order valence-electron chi connectivity index (χ2n) is 5.99. The summed E-state index contributed by atoms with van der Waals surface area (Å²) in [6.07, 6.45) is 2.78. The van der Waals surface area contributed by atoms with Gasteiger partial charge in [0.1, 0.15) is 0 Å². The number of halogens is 1. The number of amides is 2. The zero-order valence-electron chi connectivity index (χ0n) is 14.7. The van der Waals surface area contributed by atoms with Crippen LogP contribution in [0.25, 0.3) is 6.08 Å². The monoisotopic (exact) mass is 387 g/mol. The molecule has 7 nitrogen and oxygen atoms in total. The molecule has 8 heteroatoms. The summed E-state index contributed by atoms with van der Waals surface area (Å²) in [6, 6.07) is 10.3. The van der Waals surface area contributed by atoms with Crippen LogP contribution in [0.1, 0.15) is 29.8 Å². The summed E-state index contributed by atoms with van der Waals surface area (Å²) < 4.78 is 0. The molecule has 0 unspecified atom stereocenters. The molecule has 0 bridgehead atoms. The number of nitrogens with one attached hydrogen (secondary N) is 2. The highest BCUT2D eigenvalue weighted by molar-refractivity contribution is 6.31. The summed E-state index contributed by atoms with van der Waals surface area (Å²) >= 11 is 5.97. The molecule has 2 N–H and O–H groups in total. The van der Waals surface area contributed by atoms with Crippen molar-refractivity contribution < 1.29 is 14.5 Å². The van der Waals surface area contributed by atoms with Crippen molar-refractivity contribution in [3.8, 4) is 0 Å². The second-order valence-corrected chi connectivity index (χ2v) is 6.43. The fraction of sp³-hybridized carbons (Fsp3) is 0.158. The lowest BCUT2D eigenvalue weighted by Crippen LogP contribution is -2.31. The van der Waals surface area contributed by atoms with E-state index in [2.05, 4.69) is 10.6 Å². The van der Waals surface area contributed by atoms with Gasteiger partial charge in [-0.25, -0.2) is 0 Å². The first-order valence-corrected chi connectivity index (χ1v) is 8.48. The summed E-state index contributed by atoms with van der Waals surface area (Å²) in [5.41, 5.74) is 1.18. The van der Waals surface area contributed by atoms with E-state index in [1.165, 1.54) is 48.6 Å². The molecule has 2 rings (SSSR count). The Kier molecular flexibility index (Phi) is 6.67. The smallest absolute Gasteiger partial charge is 0.269 e. The van der Waals surface area contributed by atoms with Crippen LogP contribution in [0.15, 0.2) is 48.5 Å². The van der Waals surface area contributed by atoms with Crippen LogP contribution in [0.4, 0.5) is 11.4 Å². The Morgan fingerprint density at radius 3 is 2.41 bits per heavy atom. The molecule has 0 fully saturated rings. The van der Waals surface area contributed by atoms with E-state index >= 15 is 0 Å². The molecule has 27 heavy (non-hydrogen) atoms. The summed E-state index contributed by atoms with van der Waals surface area (Å²) in [5.74, 6) is -0.787. The van der Waals surface area contributed by atoms with Crippen molar-refractivity contribution >= 4 is 40.9 Å². The number of carbonyl (C=O) groups excluding carboxylic acids is 2. The Morgan fingerprint density at radius 2 is 1.81 bits per heavy atom. The van der Waals surface area contributed by atoms with Crippen molar-refractivity contribution in [1.82, 2.24) is 5.32 Å². The van der Waals surface area contributed by atoms with E-state index < -0.39 is 10.8 Å². The maximum absolute atomic E-state index is 12.3. The number of nitro groups is 1. The van der Waals surface area contributed by atoms with Gasteiger partial charge < -0.3 is 10.6 Å². The number of rotatable bonds is 6. The van der Waals surface area contributed by atoms with Gasteiger partial charge in [0.15, 0.2) is 0 Å². The summed E-state index contributed by atoms with van der Waals surface area (Å²) in [6.45, 7) is 3.66. The number of nitrogens with zero attached hydrogens (tertiary/aromatic N) is 1. The number of hydrogen-bond donors (Lipinski definition) is 2. The number of benzene rings is 2. The molecule has 0 heterocycles. The van der Waals surface area contributed by atoms with Gasteiger partial charge in [-0.2, -0.15) is 0 Å². The predicted octanol–water partition coefficient (Wildman–Crippen LogP) is 4.04. The van der Waals surface area contributed by atoms with Crippen molar-refractivity contribution in [2.75, 3.05) is 5.32 Å². The number of nitro benzene ring substituents is 1. The van der Waals surface area contributed by atoms with Gasteiger partial charge in [0.05, 0.1) is 16.2 Å². The van der Waals surface area contributed by atoms with E-state index in [1.54, 1.807) is 6.07 Å². The molecule has 0 aliphatic rings. The van der Waals surface area contributed by atoms with Crippen LogP contribution in [0.3, 0.4) is 0 Å². The minimum Gasteiger partial charge on any atom is -0.350 e. The van der Waals surface area contributed by atoms with Gasteiger partial charge >= 0.3 is 0 Å². The quantitative estimate of drug-likeness (QED) is 0.443. The number of anilines is 1. The average molecular weight is 388 g/mol. The van der Waals surface area contributed by atoms with Crippen molar-refractivity contribution in [3.05, 3.63) is 74.8 Å². The van der Waals surface area contributed by atoms with Crippen molar-refractivity contribution in [3.63, 3.8) is 0 Å². The minimum atomic E-state index is -0.497. The summed E-state index contributed by atoms with van der Waals surface area (Å²) in [7, 11) is 0. The fourth-order valence-corrected chi connectivity index (χ4v) is 2.38. The molecular formula is C19H18ClN3O4. The molecule has 0 aliphatic heterocycles. The highest BCUT2D eigenvalue weighted by atomic mass is 35.5. The van der Waals surface area contributed by atoms with Crippen LogP contribution >= 0.6 is 11.6 Å². The van der Waals surface area contributed by atoms with Gasteiger partial charge in [-0.1, -0.05) is 11.6 Å². The average Bonchev–Trinajstić information content (AvgIpc) is 2.59. The molecule has 140 valence electrons. The SMILES string of the molecule is CC(C)NC(=O)c1ccc(Cl)cc1NC(=O)/C=C/c1ccc([N+](=O)[O-])cc1. The zero-order valence-corrected chi connectivity index (χ0v) is 15.5. The molecule has 0 atom stereocenters. The van der Waals surface area contributed by atoms with Crippen LogP contribution in [0, 0.1) is 10.1 Å². The molecule has 0 aliphatic carbocycles. The van der Waals surface area contributed by atoms with Gasteiger partial charge in [0.2, 0.25) is 5.91 Å². The Bertz CT molecular complexity index is 892. The first kappa shape index (κ1) is 20.1. The number of non-ortho nitro benzene ring substituents is 1. The first-order chi connectivity index (χ1) is 12.8. The van der Waals surface area contributed by atoms with Crippen LogP contribution in [-0.2, 0) is 4.79 Å². The Hall–Kier alpha value is -3.19. The summed E-state index contributed by atoms with van der Waals surface area (Å²) in [4.78, 5) is 34.6. The van der Waals surface area contributed by atoms with Crippen molar-refractivity contribution in [2.24, 2.45) is 0 Å². The highest BCUT2D eigenvalue weighted by Gasteiger charge is 2.14. The molecule has 0 saturated heterocycles. The second kappa shape index (κ2) is 8.95. The van der Waals surface area contributed by atoms with E-state index in [-0.39, 0.29) is 17.6 Å². The lowest BCUT2D eigenvalue weighted by Gasteiger charge is -2.13. The van der Waals surface area contributed by atoms with E-state index in [4.69, 9.17) is 11.6 Å². The van der Waals surface area contributed by atoms with Gasteiger partial charge in [0.25, 0.3) is 11.6 Å². The fourth-order valence-electron chi connectivity index (χ4n) is 2.21. The Balaban J connectivity index is 2.13. The zero-order chi connectivity index (χ0) is 20.0. The van der Waals surface area contributed by atoms with E-state index in [0.29, 0.717) is 21.8 Å². The maximum atomic E-state index is 12.3. The normalized spacial score (nSPS) is 10.8.